The standard InChI is InChI=1S/C27H34ClN3O7/c1-6-11(2)31(5)10-13-9-16(32)18-14(20(13)28)7-12-8-15-21(30(3)4)23(34)19(26(29)37)25(36)27(15,38)24(35)17(12)22(18)33/h9,11-12,15,21,32,34-35,38H,6-8,10H2,1-5H3,(H2,29,37)/t11-,12+,15+,21+,27?/m1/s1. The van der Waals surface area contributed by atoms with Gasteiger partial charge in [0.15, 0.2) is 11.4 Å². The number of halogens is 1. The van der Waals surface area contributed by atoms with Crippen LogP contribution < -0.4 is 5.73 Å². The second-order valence-corrected chi connectivity index (χ2v) is 11.2. The molecule has 1 aromatic rings. The van der Waals surface area contributed by atoms with Gasteiger partial charge in [-0.2, -0.15) is 0 Å². The number of aliphatic hydroxyl groups excluding tert-OH is 2. The molecule has 0 heterocycles. The number of hydrogen-bond donors (Lipinski definition) is 5. The number of aromatic hydroxyl groups is 1. The van der Waals surface area contributed by atoms with Crippen molar-refractivity contribution in [2.45, 2.75) is 57.3 Å². The first-order valence-corrected chi connectivity index (χ1v) is 12.9. The number of benzene rings is 1. The molecule has 0 spiro atoms. The number of primary amides is 1. The summed E-state index contributed by atoms with van der Waals surface area (Å²) in [5.41, 5.74) is 2.63. The molecule has 0 fully saturated rings. The molecule has 11 heteroatoms. The highest BCUT2D eigenvalue weighted by molar-refractivity contribution is 6.33. The summed E-state index contributed by atoms with van der Waals surface area (Å²) in [5.74, 6) is -6.84. The lowest BCUT2D eigenvalue weighted by Gasteiger charge is -2.50. The van der Waals surface area contributed by atoms with Crippen molar-refractivity contribution in [3.05, 3.63) is 50.4 Å². The van der Waals surface area contributed by atoms with E-state index in [-0.39, 0.29) is 35.8 Å². The number of nitrogens with two attached hydrogens (primary N) is 1. The first-order valence-electron chi connectivity index (χ1n) is 12.6. The molecule has 0 saturated carbocycles. The van der Waals surface area contributed by atoms with Crippen LogP contribution in [-0.4, -0.2) is 86.5 Å². The van der Waals surface area contributed by atoms with E-state index in [2.05, 4.69) is 18.7 Å². The second-order valence-electron chi connectivity index (χ2n) is 10.9. The minimum atomic E-state index is -2.66. The van der Waals surface area contributed by atoms with Crippen LogP contribution in [0.3, 0.4) is 0 Å². The lowest BCUT2D eigenvalue weighted by Crippen LogP contribution is -2.63. The predicted molar refractivity (Wildman–Crippen MR) is 140 cm³/mol. The van der Waals surface area contributed by atoms with E-state index in [1.54, 1.807) is 14.1 Å². The van der Waals surface area contributed by atoms with Gasteiger partial charge in [0, 0.05) is 29.1 Å². The van der Waals surface area contributed by atoms with Crippen LogP contribution >= 0.6 is 11.6 Å². The largest absolute Gasteiger partial charge is 0.510 e. The summed E-state index contributed by atoms with van der Waals surface area (Å²) in [7, 11) is 5.11. The Kier molecular flexibility index (Phi) is 7.15. The molecule has 38 heavy (non-hydrogen) atoms. The Balaban J connectivity index is 1.87. The molecular formula is C27H34ClN3O7. The highest BCUT2D eigenvalue weighted by Crippen LogP contribution is 2.53. The second kappa shape index (κ2) is 9.68. The van der Waals surface area contributed by atoms with Gasteiger partial charge in [0.25, 0.3) is 5.91 Å². The number of rotatable bonds is 6. The molecule has 6 N–H and O–H groups in total. The van der Waals surface area contributed by atoms with Crippen LogP contribution in [0.5, 0.6) is 5.75 Å². The van der Waals surface area contributed by atoms with Gasteiger partial charge in [-0.3, -0.25) is 24.2 Å². The monoisotopic (exact) mass is 547 g/mol. The van der Waals surface area contributed by atoms with Crippen LogP contribution in [0.15, 0.2) is 28.7 Å². The molecule has 1 aromatic carbocycles. The maximum Gasteiger partial charge on any atom is 0.255 e. The van der Waals surface area contributed by atoms with E-state index in [1.807, 2.05) is 7.05 Å². The molecule has 10 nitrogen and oxygen atoms in total. The van der Waals surface area contributed by atoms with Gasteiger partial charge in [-0.1, -0.05) is 18.5 Å². The van der Waals surface area contributed by atoms with Crippen LogP contribution in [0.4, 0.5) is 0 Å². The fourth-order valence-electron chi connectivity index (χ4n) is 6.20. The van der Waals surface area contributed by atoms with Crippen LogP contribution in [0.25, 0.3) is 0 Å². The fourth-order valence-corrected chi connectivity index (χ4v) is 6.49. The molecule has 3 aliphatic carbocycles. The van der Waals surface area contributed by atoms with Crippen molar-refractivity contribution >= 4 is 29.1 Å². The third-order valence-corrected chi connectivity index (χ3v) is 8.96. The van der Waals surface area contributed by atoms with E-state index < -0.39 is 58.0 Å². The van der Waals surface area contributed by atoms with Crippen LogP contribution in [0.2, 0.25) is 5.02 Å². The Morgan fingerprint density at radius 3 is 2.42 bits per heavy atom. The highest BCUT2D eigenvalue weighted by atomic mass is 35.5. The topological polar surface area (TPSA) is 165 Å². The Bertz CT molecular complexity index is 1300. The van der Waals surface area contributed by atoms with Crippen molar-refractivity contribution < 1.29 is 34.8 Å². The number of aliphatic hydroxyl groups is 3. The Morgan fingerprint density at radius 1 is 1.24 bits per heavy atom. The van der Waals surface area contributed by atoms with Crippen molar-refractivity contribution in [3.8, 4) is 5.75 Å². The first kappa shape index (κ1) is 28.1. The van der Waals surface area contributed by atoms with Gasteiger partial charge in [0.1, 0.15) is 22.8 Å². The van der Waals surface area contributed by atoms with E-state index in [0.29, 0.717) is 22.7 Å². The number of ketones is 2. The minimum Gasteiger partial charge on any atom is -0.510 e. The lowest BCUT2D eigenvalue weighted by molar-refractivity contribution is -0.148. The molecule has 0 aliphatic heterocycles. The normalized spacial score (nSPS) is 28.0. The number of phenolic OH excluding ortho intramolecular Hbond substituents is 1. The van der Waals surface area contributed by atoms with Gasteiger partial charge in [-0.25, -0.2) is 0 Å². The molecule has 4 rings (SSSR count). The van der Waals surface area contributed by atoms with Gasteiger partial charge in [0.2, 0.25) is 5.78 Å². The summed E-state index contributed by atoms with van der Waals surface area (Å²) in [6.07, 6.45) is 1.08. The van der Waals surface area contributed by atoms with E-state index in [9.17, 15) is 34.8 Å². The maximum absolute atomic E-state index is 13.7. The lowest BCUT2D eigenvalue weighted by atomic mass is 9.58. The number of nitrogens with zero attached hydrogens (tertiary/aromatic N) is 2. The highest BCUT2D eigenvalue weighted by Gasteiger charge is 2.63. The van der Waals surface area contributed by atoms with Gasteiger partial charge in [-0.15, -0.1) is 0 Å². The number of likely N-dealkylation sites (N-methyl/N-ethyl adjacent to an activating group) is 1. The molecule has 206 valence electrons. The quantitative estimate of drug-likeness (QED) is 0.335. The minimum absolute atomic E-state index is 0.0137. The third kappa shape index (κ3) is 3.93. The zero-order valence-corrected chi connectivity index (χ0v) is 22.8. The van der Waals surface area contributed by atoms with Crippen molar-refractivity contribution in [1.29, 1.82) is 0 Å². The maximum atomic E-state index is 13.7. The molecule has 0 bridgehead atoms. The zero-order chi connectivity index (χ0) is 28.4. The average molecular weight is 548 g/mol. The van der Waals surface area contributed by atoms with Crippen LogP contribution in [0, 0.1) is 11.8 Å². The molecule has 0 saturated heterocycles. The van der Waals surface area contributed by atoms with Crippen molar-refractivity contribution in [2.24, 2.45) is 17.6 Å². The average Bonchev–Trinajstić information content (AvgIpc) is 2.83. The van der Waals surface area contributed by atoms with Crippen LogP contribution in [0.1, 0.15) is 48.2 Å². The summed E-state index contributed by atoms with van der Waals surface area (Å²) in [5, 5.41) is 45.0. The molecule has 0 radical (unpaired) electrons. The molecule has 5 atom stereocenters. The number of hydrogen-bond acceptors (Lipinski definition) is 9. The number of Topliss-reactive ketones (excluding diaryl/α,β-unsaturated/α-hetero) is 2. The van der Waals surface area contributed by atoms with Crippen molar-refractivity contribution in [3.63, 3.8) is 0 Å². The Hall–Kier alpha value is -2.92. The van der Waals surface area contributed by atoms with E-state index in [4.69, 9.17) is 17.3 Å². The summed E-state index contributed by atoms with van der Waals surface area (Å²) >= 11 is 6.79. The van der Waals surface area contributed by atoms with Crippen molar-refractivity contribution in [1.82, 2.24) is 9.80 Å². The van der Waals surface area contributed by atoms with Gasteiger partial charge < -0.3 is 26.2 Å². The summed E-state index contributed by atoms with van der Waals surface area (Å²) < 4.78 is 0. The summed E-state index contributed by atoms with van der Waals surface area (Å²) in [6.45, 7) is 4.57. The number of carbonyl (C=O) groups excluding carboxylic acids is 3. The van der Waals surface area contributed by atoms with Gasteiger partial charge in [-0.05, 0) is 70.4 Å². The first-order chi connectivity index (χ1) is 17.7. The summed E-state index contributed by atoms with van der Waals surface area (Å²) in [6, 6.07) is 0.641. The Labute approximate surface area is 226 Å². The third-order valence-electron chi connectivity index (χ3n) is 8.49. The summed E-state index contributed by atoms with van der Waals surface area (Å²) in [4.78, 5) is 42.7. The number of phenols is 1. The van der Waals surface area contributed by atoms with E-state index >= 15 is 0 Å². The number of fused-ring (bicyclic) bond motifs is 3. The number of carbonyl (C=O) groups is 3. The van der Waals surface area contributed by atoms with Gasteiger partial charge in [0.05, 0.1) is 11.6 Å². The van der Waals surface area contributed by atoms with E-state index in [1.165, 1.54) is 11.0 Å². The molecular weight excluding hydrogens is 514 g/mol. The smallest absolute Gasteiger partial charge is 0.255 e. The molecule has 1 unspecified atom stereocenters. The number of amides is 1. The van der Waals surface area contributed by atoms with Gasteiger partial charge >= 0.3 is 0 Å². The molecule has 1 amide bonds. The molecule has 0 aromatic heterocycles. The van der Waals surface area contributed by atoms with E-state index in [0.717, 1.165) is 6.42 Å². The SMILES string of the molecule is CC[C@@H](C)N(C)Cc1cc(O)c2c(c1Cl)C[C@H]1C[C@H]3[C@H](N(C)C)C(O)=C(C(N)=O)C(=O)C3(O)C(O)=C1C2=O. The number of allylic oxidation sites excluding steroid dienone is 1. The fraction of sp³-hybridized carbons (Fsp3) is 0.519. The molecule has 3 aliphatic rings. The van der Waals surface area contributed by atoms with Crippen molar-refractivity contribution in [2.75, 3.05) is 21.1 Å². The van der Waals surface area contributed by atoms with Crippen LogP contribution in [-0.2, 0) is 22.6 Å². The zero-order valence-electron chi connectivity index (χ0n) is 22.1. The Morgan fingerprint density at radius 2 is 1.87 bits per heavy atom. The predicted octanol–water partition coefficient (Wildman–Crippen LogP) is 2.00.